The Morgan fingerprint density at radius 2 is 1.59 bits per heavy atom. The van der Waals surface area contributed by atoms with Crippen LogP contribution in [0.2, 0.25) is 10.0 Å². The average molecular weight is 495 g/mol. The summed E-state index contributed by atoms with van der Waals surface area (Å²) in [5.41, 5.74) is 1.13. The molecule has 0 spiro atoms. The second-order valence-electron chi connectivity index (χ2n) is 6.61. The van der Waals surface area contributed by atoms with Crippen LogP contribution in [0.25, 0.3) is 0 Å². The van der Waals surface area contributed by atoms with E-state index in [1.807, 2.05) is 0 Å². The molecule has 0 aliphatic carbocycles. The maximum atomic E-state index is 12.5. The third kappa shape index (κ3) is 6.53. The first-order valence-corrected chi connectivity index (χ1v) is 11.6. The summed E-state index contributed by atoms with van der Waals surface area (Å²) >= 11 is 11.9. The van der Waals surface area contributed by atoms with Gasteiger partial charge in [-0.15, -0.1) is 0 Å². The van der Waals surface area contributed by atoms with Crippen LogP contribution in [0.1, 0.15) is 5.56 Å². The average Bonchev–Trinajstić information content (AvgIpc) is 2.77. The Kier molecular flexibility index (Phi) is 7.84. The Morgan fingerprint density at radius 1 is 0.938 bits per heavy atom. The topological polar surface area (TPSA) is 93.7 Å². The number of hydrogen-bond donors (Lipinski definition) is 2. The number of methoxy groups -OCH3 is 1. The summed E-state index contributed by atoms with van der Waals surface area (Å²) in [7, 11) is -2.25. The molecule has 0 saturated heterocycles. The highest BCUT2D eigenvalue weighted by Gasteiger charge is 2.14. The third-order valence-corrected chi connectivity index (χ3v) is 6.32. The van der Waals surface area contributed by atoms with Crippen LogP contribution in [0.3, 0.4) is 0 Å². The first kappa shape index (κ1) is 23.7. The molecule has 168 valence electrons. The highest BCUT2D eigenvalue weighted by molar-refractivity contribution is 7.92. The number of ether oxygens (including phenoxy) is 2. The third-order valence-electron chi connectivity index (χ3n) is 4.34. The number of nitrogens with one attached hydrogen (secondary N) is 2. The molecule has 0 aliphatic rings. The second kappa shape index (κ2) is 10.6. The van der Waals surface area contributed by atoms with E-state index < -0.39 is 10.0 Å². The lowest BCUT2D eigenvalue weighted by molar-refractivity contribution is -0.123. The molecule has 0 fully saturated rings. The Bertz CT molecular complexity index is 1180. The molecule has 0 bridgehead atoms. The fourth-order valence-corrected chi connectivity index (χ4v) is 4.18. The zero-order chi connectivity index (χ0) is 23.1. The van der Waals surface area contributed by atoms with Crippen LogP contribution >= 0.6 is 23.2 Å². The van der Waals surface area contributed by atoms with Gasteiger partial charge in [0, 0.05) is 22.3 Å². The van der Waals surface area contributed by atoms with Crippen molar-refractivity contribution in [3.63, 3.8) is 0 Å². The van der Waals surface area contributed by atoms with E-state index in [0.29, 0.717) is 27.2 Å². The summed E-state index contributed by atoms with van der Waals surface area (Å²) in [5, 5.41) is 3.66. The van der Waals surface area contributed by atoms with Gasteiger partial charge in [0.15, 0.2) is 6.61 Å². The molecule has 10 heteroatoms. The van der Waals surface area contributed by atoms with Crippen LogP contribution in [0, 0.1) is 0 Å². The molecule has 2 N–H and O–H groups in total. The summed E-state index contributed by atoms with van der Waals surface area (Å²) in [6.45, 7) is -0.00614. The summed E-state index contributed by atoms with van der Waals surface area (Å²) in [5.74, 6) is 0.622. The molecule has 7 nitrogen and oxygen atoms in total. The lowest BCUT2D eigenvalue weighted by atomic mass is 10.2. The number of rotatable bonds is 9. The zero-order valence-electron chi connectivity index (χ0n) is 17.0. The quantitative estimate of drug-likeness (QED) is 0.456. The number of amides is 1. The highest BCUT2D eigenvalue weighted by Crippen LogP contribution is 2.22. The molecule has 3 rings (SSSR count). The maximum absolute atomic E-state index is 12.5. The van der Waals surface area contributed by atoms with Gasteiger partial charge in [0.1, 0.15) is 11.5 Å². The molecule has 3 aromatic carbocycles. The van der Waals surface area contributed by atoms with Crippen molar-refractivity contribution in [3.05, 3.63) is 82.3 Å². The predicted octanol–water partition coefficient (Wildman–Crippen LogP) is 4.50. The summed E-state index contributed by atoms with van der Waals surface area (Å²) < 4.78 is 38.0. The van der Waals surface area contributed by atoms with E-state index in [2.05, 4.69) is 10.0 Å². The van der Waals surface area contributed by atoms with E-state index in [4.69, 9.17) is 32.7 Å². The predicted molar refractivity (Wildman–Crippen MR) is 124 cm³/mol. The Morgan fingerprint density at radius 3 is 2.22 bits per heavy atom. The maximum Gasteiger partial charge on any atom is 0.261 e. The van der Waals surface area contributed by atoms with Crippen LogP contribution in [0.4, 0.5) is 5.69 Å². The van der Waals surface area contributed by atoms with Gasteiger partial charge in [-0.3, -0.25) is 9.52 Å². The standard InChI is InChI=1S/C22H20Cl2N2O5S/c1-30-18-6-4-17(5-7-18)26-32(28,29)20-10-8-19(9-11-20)31-14-22(27)25-13-15-2-3-16(23)12-21(15)24/h2-12,26H,13-14H2,1H3,(H,25,27). The number of sulfonamides is 1. The molecule has 3 aromatic rings. The molecule has 32 heavy (non-hydrogen) atoms. The minimum Gasteiger partial charge on any atom is -0.497 e. The van der Waals surface area contributed by atoms with Crippen LogP contribution in [0.5, 0.6) is 11.5 Å². The van der Waals surface area contributed by atoms with E-state index in [1.54, 1.807) is 42.5 Å². The van der Waals surface area contributed by atoms with E-state index in [1.165, 1.54) is 31.4 Å². The normalized spacial score (nSPS) is 11.0. The first-order chi connectivity index (χ1) is 15.3. The van der Waals surface area contributed by atoms with Crippen molar-refractivity contribution in [1.29, 1.82) is 0 Å². The molecule has 0 atom stereocenters. The van der Waals surface area contributed by atoms with Gasteiger partial charge < -0.3 is 14.8 Å². The Labute approximate surface area is 196 Å². The largest absolute Gasteiger partial charge is 0.497 e. The van der Waals surface area contributed by atoms with Crippen LogP contribution < -0.4 is 19.5 Å². The van der Waals surface area contributed by atoms with Crippen LogP contribution in [-0.4, -0.2) is 28.0 Å². The van der Waals surface area contributed by atoms with Crippen molar-refractivity contribution in [2.75, 3.05) is 18.4 Å². The van der Waals surface area contributed by atoms with Gasteiger partial charge in [-0.2, -0.15) is 0 Å². The summed E-state index contributed by atoms with van der Waals surface area (Å²) in [6, 6.07) is 17.3. The summed E-state index contributed by atoms with van der Waals surface area (Å²) in [6.07, 6.45) is 0. The first-order valence-electron chi connectivity index (χ1n) is 9.37. The fraction of sp³-hybridized carbons (Fsp3) is 0.136. The minimum atomic E-state index is -3.77. The Balaban J connectivity index is 1.52. The molecule has 0 saturated carbocycles. The van der Waals surface area contributed by atoms with Gasteiger partial charge in [0.2, 0.25) is 0 Å². The van der Waals surface area contributed by atoms with Crippen molar-refractivity contribution < 1.29 is 22.7 Å². The molecule has 0 unspecified atom stereocenters. The van der Waals surface area contributed by atoms with E-state index in [-0.39, 0.29) is 24.0 Å². The monoisotopic (exact) mass is 494 g/mol. The van der Waals surface area contributed by atoms with Crippen molar-refractivity contribution >= 4 is 44.8 Å². The SMILES string of the molecule is COc1ccc(NS(=O)(=O)c2ccc(OCC(=O)NCc3ccc(Cl)cc3Cl)cc2)cc1. The molecule has 0 heterocycles. The van der Waals surface area contributed by atoms with Gasteiger partial charge in [-0.05, 0) is 66.2 Å². The molecule has 0 aromatic heterocycles. The van der Waals surface area contributed by atoms with E-state index in [0.717, 1.165) is 5.56 Å². The Hall–Kier alpha value is -2.94. The molecule has 0 aliphatic heterocycles. The van der Waals surface area contributed by atoms with Gasteiger partial charge in [0.25, 0.3) is 15.9 Å². The molecule has 1 amide bonds. The van der Waals surface area contributed by atoms with E-state index in [9.17, 15) is 13.2 Å². The highest BCUT2D eigenvalue weighted by atomic mass is 35.5. The number of anilines is 1. The lowest BCUT2D eigenvalue weighted by Crippen LogP contribution is -2.28. The van der Waals surface area contributed by atoms with Crippen molar-refractivity contribution in [2.24, 2.45) is 0 Å². The second-order valence-corrected chi connectivity index (χ2v) is 9.13. The number of halogens is 2. The molecule has 0 radical (unpaired) electrons. The zero-order valence-corrected chi connectivity index (χ0v) is 19.3. The van der Waals surface area contributed by atoms with Crippen molar-refractivity contribution in [2.45, 2.75) is 11.4 Å². The van der Waals surface area contributed by atoms with Crippen molar-refractivity contribution in [3.8, 4) is 11.5 Å². The van der Waals surface area contributed by atoms with Crippen LogP contribution in [-0.2, 0) is 21.4 Å². The molecular weight excluding hydrogens is 475 g/mol. The van der Waals surface area contributed by atoms with Gasteiger partial charge in [-0.25, -0.2) is 8.42 Å². The van der Waals surface area contributed by atoms with Gasteiger partial charge in [-0.1, -0.05) is 29.3 Å². The van der Waals surface area contributed by atoms with Crippen LogP contribution in [0.15, 0.2) is 71.6 Å². The van der Waals surface area contributed by atoms with Crippen molar-refractivity contribution in [1.82, 2.24) is 5.32 Å². The lowest BCUT2D eigenvalue weighted by Gasteiger charge is -2.11. The number of benzene rings is 3. The number of carbonyl (C=O) groups is 1. The smallest absolute Gasteiger partial charge is 0.261 e. The summed E-state index contributed by atoms with van der Waals surface area (Å²) in [4.78, 5) is 12.1. The molecular formula is C22H20Cl2N2O5S. The van der Waals surface area contributed by atoms with Gasteiger partial charge >= 0.3 is 0 Å². The van der Waals surface area contributed by atoms with Gasteiger partial charge in [0.05, 0.1) is 12.0 Å². The number of carbonyl (C=O) groups excluding carboxylic acids is 1. The minimum absolute atomic E-state index is 0.0579. The fourth-order valence-electron chi connectivity index (χ4n) is 2.65. The number of hydrogen-bond acceptors (Lipinski definition) is 5. The van der Waals surface area contributed by atoms with E-state index >= 15 is 0 Å².